The van der Waals surface area contributed by atoms with Gasteiger partial charge in [-0.2, -0.15) is 0 Å². The van der Waals surface area contributed by atoms with Gasteiger partial charge in [-0.1, -0.05) is 13.3 Å². The van der Waals surface area contributed by atoms with Gasteiger partial charge < -0.3 is 9.64 Å². The summed E-state index contributed by atoms with van der Waals surface area (Å²) in [5.74, 6) is 0.833. The molecule has 0 spiro atoms. The molecule has 1 saturated carbocycles. The van der Waals surface area contributed by atoms with Crippen molar-refractivity contribution in [3.8, 4) is 0 Å². The molecule has 3 heteroatoms. The zero-order valence-corrected chi connectivity index (χ0v) is 10.9. The van der Waals surface area contributed by atoms with Crippen molar-refractivity contribution in [1.29, 1.82) is 0 Å². The Hall–Kier alpha value is -0.570. The van der Waals surface area contributed by atoms with E-state index in [1.807, 2.05) is 0 Å². The van der Waals surface area contributed by atoms with Crippen LogP contribution < -0.4 is 0 Å². The molecule has 0 aromatic heterocycles. The van der Waals surface area contributed by atoms with Gasteiger partial charge in [-0.25, -0.2) is 0 Å². The number of hydrogen-bond acceptors (Lipinski definition) is 3. The number of ether oxygens (including phenoxy) is 1. The van der Waals surface area contributed by atoms with Crippen LogP contribution in [0.25, 0.3) is 0 Å². The first-order valence-electron chi connectivity index (χ1n) is 6.44. The summed E-state index contributed by atoms with van der Waals surface area (Å²) in [5.41, 5.74) is 0. The van der Waals surface area contributed by atoms with Crippen molar-refractivity contribution in [2.45, 2.75) is 51.5 Å². The van der Waals surface area contributed by atoms with Crippen molar-refractivity contribution in [3.05, 3.63) is 0 Å². The lowest BCUT2D eigenvalue weighted by Crippen LogP contribution is -2.36. The molecule has 1 fully saturated rings. The Balaban J connectivity index is 2.22. The Morgan fingerprint density at radius 3 is 2.44 bits per heavy atom. The van der Waals surface area contributed by atoms with Gasteiger partial charge in [0.25, 0.3) is 0 Å². The van der Waals surface area contributed by atoms with Crippen LogP contribution in [0.1, 0.15) is 45.4 Å². The maximum atomic E-state index is 11.0. The van der Waals surface area contributed by atoms with Crippen molar-refractivity contribution in [2.75, 3.05) is 20.7 Å². The number of rotatable bonds is 5. The zero-order chi connectivity index (χ0) is 12.0. The van der Waals surface area contributed by atoms with Crippen LogP contribution >= 0.6 is 0 Å². The molecule has 0 radical (unpaired) electrons. The number of hydrogen-bond donors (Lipinski definition) is 0. The average Bonchev–Trinajstić information content (AvgIpc) is 2.35. The fourth-order valence-electron chi connectivity index (χ4n) is 2.55. The van der Waals surface area contributed by atoms with Gasteiger partial charge >= 0.3 is 5.97 Å². The summed E-state index contributed by atoms with van der Waals surface area (Å²) >= 11 is 0. The third-order valence-electron chi connectivity index (χ3n) is 3.91. The van der Waals surface area contributed by atoms with Gasteiger partial charge in [0.05, 0.1) is 13.5 Å². The highest BCUT2D eigenvalue weighted by Crippen LogP contribution is 2.28. The lowest BCUT2D eigenvalue weighted by Gasteiger charge is -2.34. The molecule has 0 aromatic carbocycles. The lowest BCUT2D eigenvalue weighted by molar-refractivity contribution is -0.141. The van der Waals surface area contributed by atoms with E-state index in [1.54, 1.807) is 0 Å². The average molecular weight is 227 g/mol. The van der Waals surface area contributed by atoms with Crippen LogP contribution in [0.15, 0.2) is 0 Å². The van der Waals surface area contributed by atoms with Crippen molar-refractivity contribution in [2.24, 2.45) is 5.92 Å². The molecule has 3 nitrogen and oxygen atoms in total. The first kappa shape index (κ1) is 13.5. The van der Waals surface area contributed by atoms with E-state index in [-0.39, 0.29) is 5.97 Å². The van der Waals surface area contributed by atoms with E-state index in [2.05, 4.69) is 23.6 Å². The normalized spacial score (nSPS) is 25.8. The Kier molecular flexibility index (Phi) is 5.81. The third kappa shape index (κ3) is 4.12. The number of esters is 1. The summed E-state index contributed by atoms with van der Waals surface area (Å²) < 4.78 is 4.66. The molecule has 94 valence electrons. The number of carbonyl (C=O) groups is 1. The quantitative estimate of drug-likeness (QED) is 0.676. The Morgan fingerprint density at radius 2 is 1.94 bits per heavy atom. The van der Waals surface area contributed by atoms with Crippen LogP contribution in [0, 0.1) is 5.92 Å². The van der Waals surface area contributed by atoms with Crippen LogP contribution in [0.2, 0.25) is 0 Å². The number of nitrogens with zero attached hydrogens (tertiary/aromatic N) is 1. The fraction of sp³-hybridized carbons (Fsp3) is 0.923. The fourth-order valence-corrected chi connectivity index (χ4v) is 2.55. The highest BCUT2D eigenvalue weighted by atomic mass is 16.5. The van der Waals surface area contributed by atoms with Gasteiger partial charge in [0.2, 0.25) is 0 Å². The minimum Gasteiger partial charge on any atom is -0.469 e. The summed E-state index contributed by atoms with van der Waals surface area (Å²) in [5, 5.41) is 0. The molecular weight excluding hydrogens is 202 g/mol. The molecule has 1 aliphatic rings. The Labute approximate surface area is 99.1 Å². The monoisotopic (exact) mass is 227 g/mol. The second-order valence-corrected chi connectivity index (χ2v) is 4.89. The first-order chi connectivity index (χ1) is 7.67. The summed E-state index contributed by atoms with van der Waals surface area (Å²) in [6.07, 6.45) is 7.11. The molecule has 0 aliphatic heterocycles. The molecule has 0 saturated heterocycles. The highest BCUT2D eigenvalue weighted by molar-refractivity contribution is 5.69. The highest BCUT2D eigenvalue weighted by Gasteiger charge is 2.23. The molecule has 1 rings (SSSR count). The minimum absolute atomic E-state index is 0.103. The maximum Gasteiger partial charge on any atom is 0.306 e. The van der Waals surface area contributed by atoms with Gasteiger partial charge in [0.15, 0.2) is 0 Å². The van der Waals surface area contributed by atoms with E-state index in [0.29, 0.717) is 12.5 Å². The molecule has 0 amide bonds. The molecule has 0 bridgehead atoms. The van der Waals surface area contributed by atoms with E-state index in [1.165, 1.54) is 39.2 Å². The molecule has 16 heavy (non-hydrogen) atoms. The van der Waals surface area contributed by atoms with Crippen molar-refractivity contribution in [3.63, 3.8) is 0 Å². The second-order valence-electron chi connectivity index (χ2n) is 4.89. The molecule has 0 heterocycles. The summed E-state index contributed by atoms with van der Waals surface area (Å²) in [7, 11) is 3.58. The van der Waals surface area contributed by atoms with Crippen LogP contribution in [0.3, 0.4) is 0 Å². The first-order valence-corrected chi connectivity index (χ1v) is 6.44. The van der Waals surface area contributed by atoms with Crippen molar-refractivity contribution in [1.82, 2.24) is 4.90 Å². The van der Waals surface area contributed by atoms with Crippen LogP contribution in [-0.2, 0) is 9.53 Å². The predicted molar refractivity (Wildman–Crippen MR) is 65.3 cm³/mol. The summed E-state index contributed by atoms with van der Waals surface area (Å²) in [4.78, 5) is 13.4. The predicted octanol–water partition coefficient (Wildman–Crippen LogP) is 2.45. The van der Waals surface area contributed by atoms with E-state index in [0.717, 1.165) is 12.5 Å². The largest absolute Gasteiger partial charge is 0.469 e. The van der Waals surface area contributed by atoms with Gasteiger partial charge in [-0.05, 0) is 38.6 Å². The van der Waals surface area contributed by atoms with Gasteiger partial charge in [0.1, 0.15) is 0 Å². The number of methoxy groups -OCH3 is 1. The molecule has 0 N–H and O–H groups in total. The molecule has 0 unspecified atom stereocenters. The van der Waals surface area contributed by atoms with Crippen molar-refractivity contribution < 1.29 is 9.53 Å². The van der Waals surface area contributed by atoms with Crippen LogP contribution in [0.4, 0.5) is 0 Å². The summed E-state index contributed by atoms with van der Waals surface area (Å²) in [6.45, 7) is 3.11. The zero-order valence-electron chi connectivity index (χ0n) is 10.9. The topological polar surface area (TPSA) is 29.5 Å². The number of carbonyl (C=O) groups excluding carboxylic acids is 1. The van der Waals surface area contributed by atoms with Crippen LogP contribution in [-0.4, -0.2) is 37.6 Å². The van der Waals surface area contributed by atoms with Gasteiger partial charge in [-0.3, -0.25) is 4.79 Å². The second kappa shape index (κ2) is 6.89. The minimum atomic E-state index is -0.103. The Morgan fingerprint density at radius 1 is 1.31 bits per heavy atom. The van der Waals surface area contributed by atoms with Crippen molar-refractivity contribution >= 4 is 5.97 Å². The third-order valence-corrected chi connectivity index (χ3v) is 3.91. The maximum absolute atomic E-state index is 11.0. The molecule has 0 aromatic rings. The van der Waals surface area contributed by atoms with E-state index in [4.69, 9.17) is 0 Å². The van der Waals surface area contributed by atoms with E-state index < -0.39 is 0 Å². The van der Waals surface area contributed by atoms with Crippen LogP contribution in [0.5, 0.6) is 0 Å². The van der Waals surface area contributed by atoms with E-state index in [9.17, 15) is 4.79 Å². The smallest absolute Gasteiger partial charge is 0.306 e. The summed E-state index contributed by atoms with van der Waals surface area (Å²) in [6, 6.07) is 0.674. The molecular formula is C13H25NO2. The Bertz CT molecular complexity index is 210. The lowest BCUT2D eigenvalue weighted by atomic mass is 9.84. The van der Waals surface area contributed by atoms with Gasteiger partial charge in [0, 0.05) is 12.6 Å². The molecule has 1 aliphatic carbocycles. The van der Waals surface area contributed by atoms with E-state index >= 15 is 0 Å². The molecule has 0 atom stereocenters. The SMILES string of the molecule is CCC1CCC(N(C)CCC(=O)OC)CC1. The van der Waals surface area contributed by atoms with Gasteiger partial charge in [-0.15, -0.1) is 0 Å². The standard InChI is InChI=1S/C13H25NO2/c1-4-11-5-7-12(8-6-11)14(2)10-9-13(15)16-3/h11-12H,4-10H2,1-3H3.